The SMILES string of the molecule is CC1=CCC2(CC1)CN(C(=O)c1cccc(S(=O)NC(C)(C)C)c1)c1ccc(Br)cc12. The fraction of sp³-hybridized carbons (Fsp3) is 0.400. The van der Waals surface area contributed by atoms with Gasteiger partial charge >= 0.3 is 0 Å². The molecule has 1 aliphatic carbocycles. The van der Waals surface area contributed by atoms with Gasteiger partial charge in [-0.2, -0.15) is 0 Å². The molecule has 0 saturated heterocycles. The number of hydrogen-bond donors (Lipinski definition) is 1. The van der Waals surface area contributed by atoms with E-state index in [1.807, 2.05) is 49.9 Å². The topological polar surface area (TPSA) is 49.4 Å². The molecule has 164 valence electrons. The summed E-state index contributed by atoms with van der Waals surface area (Å²) in [5.74, 6) is -0.0404. The number of hydrogen-bond acceptors (Lipinski definition) is 2. The summed E-state index contributed by atoms with van der Waals surface area (Å²) >= 11 is 3.62. The van der Waals surface area contributed by atoms with Crippen LogP contribution in [0.15, 0.2) is 63.5 Å². The summed E-state index contributed by atoms with van der Waals surface area (Å²) in [6, 6.07) is 13.4. The molecule has 4 rings (SSSR count). The summed E-state index contributed by atoms with van der Waals surface area (Å²) in [4.78, 5) is 16.1. The maximum absolute atomic E-state index is 13.6. The molecule has 1 heterocycles. The highest BCUT2D eigenvalue weighted by Crippen LogP contribution is 2.49. The number of fused-ring (bicyclic) bond motifs is 2. The zero-order valence-electron chi connectivity index (χ0n) is 18.5. The summed E-state index contributed by atoms with van der Waals surface area (Å²) in [6.45, 7) is 8.77. The van der Waals surface area contributed by atoms with Gasteiger partial charge in [0.1, 0.15) is 11.0 Å². The molecule has 2 unspecified atom stereocenters. The van der Waals surface area contributed by atoms with E-state index >= 15 is 0 Å². The van der Waals surface area contributed by atoms with Crippen molar-refractivity contribution in [2.45, 2.75) is 62.8 Å². The van der Waals surface area contributed by atoms with E-state index in [1.165, 1.54) is 11.1 Å². The van der Waals surface area contributed by atoms with Crippen LogP contribution in [0.25, 0.3) is 0 Å². The van der Waals surface area contributed by atoms with Gasteiger partial charge in [-0.25, -0.2) is 8.93 Å². The first-order valence-corrected chi connectivity index (χ1v) is 12.6. The van der Waals surface area contributed by atoms with Gasteiger partial charge in [0.15, 0.2) is 0 Å². The van der Waals surface area contributed by atoms with Gasteiger partial charge in [0, 0.05) is 33.2 Å². The molecule has 2 atom stereocenters. The summed E-state index contributed by atoms with van der Waals surface area (Å²) < 4.78 is 16.8. The van der Waals surface area contributed by atoms with E-state index in [9.17, 15) is 9.00 Å². The number of rotatable bonds is 3. The quantitative estimate of drug-likeness (QED) is 0.534. The minimum absolute atomic E-state index is 0.0392. The van der Waals surface area contributed by atoms with Crippen molar-refractivity contribution in [2.75, 3.05) is 11.4 Å². The predicted octanol–water partition coefficient (Wildman–Crippen LogP) is 5.89. The standard InChI is InChI=1S/C25H29BrN2O2S/c1-17-10-12-25(13-11-17)16-28(22-9-8-19(26)15-21(22)25)23(29)18-6-5-7-20(14-18)31(30)27-24(2,3)4/h5-10,14-15,27H,11-13,16H2,1-4H3. The molecule has 1 aliphatic heterocycles. The van der Waals surface area contributed by atoms with Crippen molar-refractivity contribution in [3.8, 4) is 0 Å². The number of carbonyl (C=O) groups is 1. The Morgan fingerprint density at radius 3 is 2.65 bits per heavy atom. The number of nitrogens with one attached hydrogen (secondary N) is 1. The van der Waals surface area contributed by atoms with Crippen LogP contribution in [0.4, 0.5) is 5.69 Å². The van der Waals surface area contributed by atoms with Crippen molar-refractivity contribution in [1.82, 2.24) is 4.72 Å². The van der Waals surface area contributed by atoms with Crippen LogP contribution >= 0.6 is 15.9 Å². The lowest BCUT2D eigenvalue weighted by Crippen LogP contribution is -2.38. The zero-order valence-corrected chi connectivity index (χ0v) is 20.9. The number of benzene rings is 2. The third-order valence-corrected chi connectivity index (χ3v) is 8.03. The van der Waals surface area contributed by atoms with Crippen molar-refractivity contribution in [3.63, 3.8) is 0 Å². The summed E-state index contributed by atoms with van der Waals surface area (Å²) in [5.41, 5.74) is 3.89. The third kappa shape index (κ3) is 4.57. The molecule has 2 aromatic carbocycles. The minimum atomic E-state index is -1.38. The van der Waals surface area contributed by atoms with Gasteiger partial charge in [-0.3, -0.25) is 4.79 Å². The lowest BCUT2D eigenvalue weighted by atomic mass is 9.72. The van der Waals surface area contributed by atoms with Crippen LogP contribution in [-0.2, 0) is 16.4 Å². The van der Waals surface area contributed by atoms with Gasteiger partial charge in [0.2, 0.25) is 0 Å². The molecule has 1 amide bonds. The van der Waals surface area contributed by atoms with Gasteiger partial charge < -0.3 is 4.90 Å². The minimum Gasteiger partial charge on any atom is -0.307 e. The largest absolute Gasteiger partial charge is 0.307 e. The average Bonchev–Trinajstić information content (AvgIpc) is 3.02. The molecular formula is C25H29BrN2O2S. The molecule has 4 nitrogen and oxygen atoms in total. The van der Waals surface area contributed by atoms with Crippen LogP contribution in [0.5, 0.6) is 0 Å². The lowest BCUT2D eigenvalue weighted by molar-refractivity contribution is 0.0984. The van der Waals surface area contributed by atoms with Crippen molar-refractivity contribution < 1.29 is 9.00 Å². The van der Waals surface area contributed by atoms with E-state index in [4.69, 9.17) is 0 Å². The maximum Gasteiger partial charge on any atom is 0.258 e. The van der Waals surface area contributed by atoms with Crippen LogP contribution in [-0.4, -0.2) is 22.2 Å². The normalized spacial score (nSPS) is 21.7. The Balaban J connectivity index is 1.67. The molecule has 31 heavy (non-hydrogen) atoms. The summed E-state index contributed by atoms with van der Waals surface area (Å²) in [7, 11) is -1.38. The second-order valence-corrected chi connectivity index (χ2v) is 11.9. The van der Waals surface area contributed by atoms with E-state index in [-0.39, 0.29) is 16.9 Å². The highest BCUT2D eigenvalue weighted by molar-refractivity contribution is 9.10. The second kappa shape index (κ2) is 8.30. The van der Waals surface area contributed by atoms with Crippen LogP contribution in [0.3, 0.4) is 0 Å². The molecule has 2 aliphatic rings. The van der Waals surface area contributed by atoms with Gasteiger partial charge in [-0.1, -0.05) is 33.6 Å². The maximum atomic E-state index is 13.6. The van der Waals surface area contributed by atoms with E-state index in [2.05, 4.69) is 39.7 Å². The number of amides is 1. The highest BCUT2D eigenvalue weighted by Gasteiger charge is 2.45. The Hall–Kier alpha value is -1.76. The molecular weight excluding hydrogens is 472 g/mol. The van der Waals surface area contributed by atoms with Crippen LogP contribution < -0.4 is 9.62 Å². The first-order valence-electron chi connectivity index (χ1n) is 10.7. The Morgan fingerprint density at radius 1 is 1.19 bits per heavy atom. The number of halogens is 1. The van der Waals surface area contributed by atoms with E-state index in [0.29, 0.717) is 17.0 Å². The molecule has 6 heteroatoms. The van der Waals surface area contributed by atoms with Crippen LogP contribution in [0.2, 0.25) is 0 Å². The van der Waals surface area contributed by atoms with E-state index < -0.39 is 11.0 Å². The third-order valence-electron chi connectivity index (χ3n) is 6.06. The van der Waals surface area contributed by atoms with Gasteiger partial charge in [-0.15, -0.1) is 0 Å². The Kier molecular flexibility index (Phi) is 6.01. The number of anilines is 1. The van der Waals surface area contributed by atoms with Gasteiger partial charge in [-0.05, 0) is 88.9 Å². The fourth-order valence-corrected chi connectivity index (χ4v) is 5.93. The van der Waals surface area contributed by atoms with Crippen molar-refractivity contribution in [1.29, 1.82) is 0 Å². The van der Waals surface area contributed by atoms with Gasteiger partial charge in [0.05, 0.1) is 4.90 Å². The monoisotopic (exact) mass is 500 g/mol. The molecule has 0 aromatic heterocycles. The van der Waals surface area contributed by atoms with Crippen LogP contribution in [0, 0.1) is 0 Å². The predicted molar refractivity (Wildman–Crippen MR) is 131 cm³/mol. The molecule has 0 saturated carbocycles. The second-order valence-electron chi connectivity index (χ2n) is 9.74. The zero-order chi connectivity index (χ0) is 22.4. The van der Waals surface area contributed by atoms with Gasteiger partial charge in [0.25, 0.3) is 5.91 Å². The lowest BCUT2D eigenvalue weighted by Gasteiger charge is -2.33. The van der Waals surface area contributed by atoms with Crippen molar-refractivity contribution >= 4 is 38.5 Å². The Labute approximate surface area is 195 Å². The highest BCUT2D eigenvalue weighted by atomic mass is 79.9. The molecule has 2 aromatic rings. The average molecular weight is 501 g/mol. The van der Waals surface area contributed by atoms with Crippen molar-refractivity contribution in [2.24, 2.45) is 0 Å². The number of carbonyl (C=O) groups excluding carboxylic acids is 1. The van der Waals surface area contributed by atoms with E-state index in [1.54, 1.807) is 12.1 Å². The summed E-state index contributed by atoms with van der Waals surface area (Å²) in [5, 5.41) is 0. The number of allylic oxidation sites excluding steroid dienone is 2. The number of nitrogens with zero attached hydrogens (tertiary/aromatic N) is 1. The van der Waals surface area contributed by atoms with E-state index in [0.717, 1.165) is 29.4 Å². The Bertz CT molecular complexity index is 1090. The molecule has 0 radical (unpaired) electrons. The first kappa shape index (κ1) is 22.4. The molecule has 0 fully saturated rings. The van der Waals surface area contributed by atoms with Crippen LogP contribution in [0.1, 0.15) is 62.9 Å². The molecule has 0 bridgehead atoms. The molecule has 1 N–H and O–H groups in total. The summed E-state index contributed by atoms with van der Waals surface area (Å²) in [6.07, 6.45) is 5.37. The smallest absolute Gasteiger partial charge is 0.258 e. The molecule has 1 spiro atoms. The van der Waals surface area contributed by atoms with Crippen molar-refractivity contribution in [3.05, 3.63) is 69.7 Å². The Morgan fingerprint density at radius 2 is 1.97 bits per heavy atom. The first-order chi connectivity index (χ1) is 14.6. The fourth-order valence-electron chi connectivity index (χ4n) is 4.46.